The number of aryl methyl sites for hydroxylation is 2. The number of fused-ring (bicyclic) bond motifs is 1. The van der Waals surface area contributed by atoms with Gasteiger partial charge in [-0.3, -0.25) is 0 Å². The molecule has 124 valence electrons. The van der Waals surface area contributed by atoms with Gasteiger partial charge in [0.25, 0.3) is 10.0 Å². The molecule has 6 nitrogen and oxygen atoms in total. The van der Waals surface area contributed by atoms with Crippen LogP contribution in [0.15, 0.2) is 29.2 Å². The number of sulfonamides is 1. The van der Waals surface area contributed by atoms with Gasteiger partial charge in [-0.25, -0.2) is 28.1 Å². The number of thiazole rings is 1. The number of anilines is 1. The minimum Gasteiger partial charge on any atom is -0.247 e. The Bertz CT molecular complexity index is 1040. The molecule has 1 saturated carbocycles. The van der Waals surface area contributed by atoms with Crippen LogP contribution in [0, 0.1) is 13.8 Å². The van der Waals surface area contributed by atoms with Crippen molar-refractivity contribution in [1.29, 1.82) is 0 Å². The maximum Gasteiger partial charge on any atom is 0.264 e. The van der Waals surface area contributed by atoms with Gasteiger partial charge in [0.15, 0.2) is 0 Å². The lowest BCUT2D eigenvalue weighted by atomic mass is 10.2. The topological polar surface area (TPSA) is 84.8 Å². The summed E-state index contributed by atoms with van der Waals surface area (Å²) in [6.45, 7) is 3.74. The first-order valence-electron chi connectivity index (χ1n) is 7.66. The third-order valence-corrected chi connectivity index (χ3v) is 6.13. The molecular formula is C16H16N4O2S2. The van der Waals surface area contributed by atoms with Gasteiger partial charge in [0, 0.05) is 17.3 Å². The molecule has 0 spiro atoms. The molecule has 0 aliphatic heterocycles. The zero-order valence-electron chi connectivity index (χ0n) is 13.3. The van der Waals surface area contributed by atoms with Gasteiger partial charge in [0.05, 0.1) is 20.1 Å². The predicted molar refractivity (Wildman–Crippen MR) is 93.9 cm³/mol. The SMILES string of the molecule is Cc1cc(C2CC2)nc(NS(=O)(=O)c2ccc3nc(C)sc3c2)n1. The summed E-state index contributed by atoms with van der Waals surface area (Å²) < 4.78 is 28.7. The van der Waals surface area contributed by atoms with Crippen LogP contribution < -0.4 is 4.72 Å². The third-order valence-electron chi connectivity index (χ3n) is 3.87. The lowest BCUT2D eigenvalue weighted by molar-refractivity contribution is 0.601. The summed E-state index contributed by atoms with van der Waals surface area (Å²) in [6, 6.07) is 6.84. The molecule has 24 heavy (non-hydrogen) atoms. The number of hydrogen-bond acceptors (Lipinski definition) is 6. The van der Waals surface area contributed by atoms with Crippen molar-refractivity contribution in [3.05, 3.63) is 40.7 Å². The monoisotopic (exact) mass is 360 g/mol. The molecule has 0 radical (unpaired) electrons. The van der Waals surface area contributed by atoms with Crippen LogP contribution in [0.1, 0.15) is 35.2 Å². The summed E-state index contributed by atoms with van der Waals surface area (Å²) in [5.74, 6) is 0.573. The highest BCUT2D eigenvalue weighted by Gasteiger charge is 2.26. The molecule has 0 amide bonds. The Balaban J connectivity index is 1.69. The molecule has 0 saturated heterocycles. The van der Waals surface area contributed by atoms with Crippen LogP contribution in [-0.2, 0) is 10.0 Å². The van der Waals surface area contributed by atoms with Crippen LogP contribution >= 0.6 is 11.3 Å². The molecule has 3 aromatic rings. The summed E-state index contributed by atoms with van der Waals surface area (Å²) in [5.41, 5.74) is 2.48. The molecule has 1 aliphatic carbocycles. The molecule has 0 atom stereocenters. The van der Waals surface area contributed by atoms with Crippen LogP contribution in [0.5, 0.6) is 0 Å². The predicted octanol–water partition coefficient (Wildman–Crippen LogP) is 3.38. The maximum atomic E-state index is 12.7. The maximum absolute atomic E-state index is 12.7. The first kappa shape index (κ1) is 15.5. The minimum absolute atomic E-state index is 0.137. The van der Waals surface area contributed by atoms with E-state index in [-0.39, 0.29) is 10.8 Å². The molecule has 1 fully saturated rings. The van der Waals surface area contributed by atoms with Crippen LogP contribution in [0.3, 0.4) is 0 Å². The minimum atomic E-state index is -3.73. The molecule has 0 bridgehead atoms. The van der Waals surface area contributed by atoms with Crippen LogP contribution in [0.25, 0.3) is 10.2 Å². The second kappa shape index (κ2) is 5.49. The van der Waals surface area contributed by atoms with Gasteiger partial charge in [0.1, 0.15) is 0 Å². The Morgan fingerprint density at radius 2 is 1.92 bits per heavy atom. The quantitative estimate of drug-likeness (QED) is 0.771. The van der Waals surface area contributed by atoms with Crippen molar-refractivity contribution in [2.45, 2.75) is 37.5 Å². The highest BCUT2D eigenvalue weighted by atomic mass is 32.2. The Labute approximate surface area is 144 Å². The van der Waals surface area contributed by atoms with Crippen molar-refractivity contribution in [2.24, 2.45) is 0 Å². The molecule has 4 rings (SSSR count). The molecule has 2 aromatic heterocycles. The Morgan fingerprint density at radius 1 is 1.12 bits per heavy atom. The lowest BCUT2D eigenvalue weighted by Gasteiger charge is -2.09. The Hall–Kier alpha value is -2.06. The zero-order chi connectivity index (χ0) is 16.9. The Morgan fingerprint density at radius 3 is 2.67 bits per heavy atom. The number of benzene rings is 1. The van der Waals surface area contributed by atoms with E-state index in [1.807, 2.05) is 19.9 Å². The fourth-order valence-electron chi connectivity index (χ4n) is 2.59. The third kappa shape index (κ3) is 2.99. The standard InChI is InChI=1S/C16H16N4O2S2/c1-9-7-14(11-3-4-11)19-16(17-9)20-24(21,22)12-5-6-13-15(8-12)23-10(2)18-13/h5-8,11H,3-4H2,1-2H3,(H,17,19,20). The van der Waals surface area contributed by atoms with Gasteiger partial charge in [-0.1, -0.05) is 0 Å². The van der Waals surface area contributed by atoms with E-state index >= 15 is 0 Å². The fourth-order valence-corrected chi connectivity index (χ4v) is 4.50. The van der Waals surface area contributed by atoms with E-state index in [0.717, 1.165) is 39.5 Å². The van der Waals surface area contributed by atoms with Gasteiger partial charge < -0.3 is 0 Å². The van der Waals surface area contributed by atoms with E-state index in [1.54, 1.807) is 18.2 Å². The highest BCUT2D eigenvalue weighted by Crippen LogP contribution is 2.39. The van der Waals surface area contributed by atoms with Crippen molar-refractivity contribution in [1.82, 2.24) is 15.0 Å². The van der Waals surface area contributed by atoms with Crippen LogP contribution in [-0.4, -0.2) is 23.4 Å². The molecule has 0 unspecified atom stereocenters. The van der Waals surface area contributed by atoms with Crippen molar-refractivity contribution >= 4 is 37.5 Å². The summed E-state index contributed by atoms with van der Waals surface area (Å²) in [5, 5.41) is 0.906. The first-order valence-corrected chi connectivity index (χ1v) is 9.96. The van der Waals surface area contributed by atoms with E-state index in [1.165, 1.54) is 11.3 Å². The van der Waals surface area contributed by atoms with Crippen LogP contribution in [0.4, 0.5) is 5.95 Å². The number of nitrogens with one attached hydrogen (secondary N) is 1. The summed E-state index contributed by atoms with van der Waals surface area (Å²) in [4.78, 5) is 13.1. The molecular weight excluding hydrogens is 344 g/mol. The lowest BCUT2D eigenvalue weighted by Crippen LogP contribution is -2.16. The van der Waals surface area contributed by atoms with E-state index < -0.39 is 10.0 Å². The smallest absolute Gasteiger partial charge is 0.247 e. The van der Waals surface area contributed by atoms with Crippen molar-refractivity contribution in [3.8, 4) is 0 Å². The molecule has 2 heterocycles. The largest absolute Gasteiger partial charge is 0.264 e. The first-order chi connectivity index (χ1) is 11.4. The number of rotatable bonds is 4. The van der Waals surface area contributed by atoms with Gasteiger partial charge >= 0.3 is 0 Å². The zero-order valence-corrected chi connectivity index (χ0v) is 14.9. The van der Waals surface area contributed by atoms with Gasteiger partial charge in [-0.15, -0.1) is 11.3 Å². The number of aromatic nitrogens is 3. The van der Waals surface area contributed by atoms with Crippen molar-refractivity contribution in [3.63, 3.8) is 0 Å². The molecule has 8 heteroatoms. The average Bonchev–Trinajstić information content (AvgIpc) is 3.27. The fraction of sp³-hybridized carbons (Fsp3) is 0.312. The Kier molecular flexibility index (Phi) is 3.54. The normalized spacial score (nSPS) is 14.9. The van der Waals surface area contributed by atoms with Crippen molar-refractivity contribution < 1.29 is 8.42 Å². The van der Waals surface area contributed by atoms with E-state index in [2.05, 4.69) is 19.7 Å². The second-order valence-electron chi connectivity index (χ2n) is 6.00. The molecule has 1 aromatic carbocycles. The van der Waals surface area contributed by atoms with Gasteiger partial charge in [0.2, 0.25) is 5.95 Å². The number of nitrogens with zero attached hydrogens (tertiary/aromatic N) is 3. The van der Waals surface area contributed by atoms with Crippen molar-refractivity contribution in [2.75, 3.05) is 4.72 Å². The highest BCUT2D eigenvalue weighted by molar-refractivity contribution is 7.92. The van der Waals surface area contributed by atoms with Gasteiger partial charge in [-0.05, 0) is 51.0 Å². The number of hydrogen-bond donors (Lipinski definition) is 1. The van der Waals surface area contributed by atoms with Gasteiger partial charge in [-0.2, -0.15) is 0 Å². The molecule has 1 N–H and O–H groups in total. The van der Waals surface area contributed by atoms with E-state index in [4.69, 9.17) is 0 Å². The summed E-state index contributed by atoms with van der Waals surface area (Å²) in [6.07, 6.45) is 2.20. The average molecular weight is 360 g/mol. The van der Waals surface area contributed by atoms with E-state index in [0.29, 0.717) is 5.92 Å². The summed E-state index contributed by atoms with van der Waals surface area (Å²) >= 11 is 1.47. The molecule has 1 aliphatic rings. The van der Waals surface area contributed by atoms with Crippen LogP contribution in [0.2, 0.25) is 0 Å². The summed E-state index contributed by atoms with van der Waals surface area (Å²) in [7, 11) is -3.73. The second-order valence-corrected chi connectivity index (χ2v) is 8.92. The van der Waals surface area contributed by atoms with E-state index in [9.17, 15) is 8.42 Å².